The van der Waals surface area contributed by atoms with Crippen molar-refractivity contribution < 1.29 is 9.90 Å². The van der Waals surface area contributed by atoms with Gasteiger partial charge in [-0.15, -0.1) is 0 Å². The van der Waals surface area contributed by atoms with E-state index in [1.807, 2.05) is 30.3 Å². The highest BCUT2D eigenvalue weighted by atomic mass is 16.3. The van der Waals surface area contributed by atoms with Gasteiger partial charge in [-0.05, 0) is 46.4 Å². The van der Waals surface area contributed by atoms with Crippen molar-refractivity contribution in [3.63, 3.8) is 0 Å². The molecular formula is C28H27N3O2. The van der Waals surface area contributed by atoms with Gasteiger partial charge >= 0.3 is 0 Å². The maximum atomic E-state index is 12.6. The van der Waals surface area contributed by atoms with Gasteiger partial charge in [-0.25, -0.2) is 0 Å². The highest BCUT2D eigenvalue weighted by Crippen LogP contribution is 2.40. The first kappa shape index (κ1) is 21.0. The normalized spacial score (nSPS) is 12.3. The Morgan fingerprint density at radius 1 is 0.970 bits per heavy atom. The molecule has 5 rings (SSSR count). The molecule has 0 bridgehead atoms. The quantitative estimate of drug-likeness (QED) is 0.333. The summed E-state index contributed by atoms with van der Waals surface area (Å²) in [6.07, 6.45) is 0.792. The molecule has 0 saturated carbocycles. The van der Waals surface area contributed by atoms with Crippen molar-refractivity contribution in [1.29, 1.82) is 0 Å². The number of nitrogens with one attached hydrogen (secondary N) is 2. The first-order valence-electron chi connectivity index (χ1n) is 11.2. The van der Waals surface area contributed by atoms with Crippen molar-refractivity contribution in [3.05, 3.63) is 83.4 Å². The molecule has 1 aliphatic carbocycles. The first-order valence-corrected chi connectivity index (χ1v) is 11.2. The van der Waals surface area contributed by atoms with Crippen LogP contribution in [0.15, 0.2) is 66.7 Å². The highest BCUT2D eigenvalue weighted by molar-refractivity contribution is 5.96. The van der Waals surface area contributed by atoms with Gasteiger partial charge in [-0.2, -0.15) is 5.10 Å². The molecule has 33 heavy (non-hydrogen) atoms. The Bertz CT molecular complexity index is 1330. The average Bonchev–Trinajstić information content (AvgIpc) is 3.36. The van der Waals surface area contributed by atoms with Crippen LogP contribution in [0.3, 0.4) is 0 Å². The maximum absolute atomic E-state index is 12.6. The molecule has 5 heteroatoms. The molecule has 1 heterocycles. The topological polar surface area (TPSA) is 78.0 Å². The zero-order chi connectivity index (χ0) is 23.2. The predicted molar refractivity (Wildman–Crippen MR) is 131 cm³/mol. The van der Waals surface area contributed by atoms with E-state index in [0.29, 0.717) is 12.1 Å². The fourth-order valence-corrected chi connectivity index (χ4v) is 4.22. The molecule has 0 unspecified atom stereocenters. The summed E-state index contributed by atoms with van der Waals surface area (Å²) in [5.74, 6) is 0.211. The largest absolute Gasteiger partial charge is 0.508 e. The Morgan fingerprint density at radius 3 is 2.27 bits per heavy atom. The minimum atomic E-state index is -0.0502. The van der Waals surface area contributed by atoms with Crippen LogP contribution in [0, 0.1) is 5.41 Å². The van der Waals surface area contributed by atoms with Gasteiger partial charge in [0.25, 0.3) is 5.91 Å². The van der Waals surface area contributed by atoms with E-state index >= 15 is 0 Å². The molecular weight excluding hydrogens is 410 g/mol. The standard InChI is InChI=1S/C28H27N3O2/c1-28(2,3)16-29-27(33)21-9-8-20-14-24-25(30-31-26(24)23(20)15-21)19-6-4-17(5-7-19)18-10-12-22(32)13-11-18/h4-13,15,32H,14,16H2,1-3H3,(H,29,33)(H,30,31). The third-order valence-corrected chi connectivity index (χ3v) is 6.01. The number of phenols is 1. The van der Waals surface area contributed by atoms with Gasteiger partial charge in [-0.1, -0.05) is 63.2 Å². The lowest BCUT2D eigenvalue weighted by Crippen LogP contribution is -2.32. The van der Waals surface area contributed by atoms with E-state index in [0.717, 1.165) is 45.6 Å². The summed E-state index contributed by atoms with van der Waals surface area (Å²) in [5.41, 5.74) is 9.23. The van der Waals surface area contributed by atoms with Crippen molar-refractivity contribution in [3.8, 4) is 39.4 Å². The van der Waals surface area contributed by atoms with Gasteiger partial charge < -0.3 is 10.4 Å². The summed E-state index contributed by atoms with van der Waals surface area (Å²) < 4.78 is 0. The number of rotatable bonds is 4. The number of aromatic amines is 1. The molecule has 0 radical (unpaired) electrons. The third kappa shape index (κ3) is 4.14. The van der Waals surface area contributed by atoms with Crippen LogP contribution in [-0.2, 0) is 6.42 Å². The molecule has 166 valence electrons. The van der Waals surface area contributed by atoms with E-state index in [2.05, 4.69) is 60.6 Å². The van der Waals surface area contributed by atoms with Gasteiger partial charge in [-0.3, -0.25) is 9.89 Å². The van der Waals surface area contributed by atoms with Crippen LogP contribution >= 0.6 is 0 Å². The molecule has 1 aliphatic rings. The minimum Gasteiger partial charge on any atom is -0.508 e. The predicted octanol–water partition coefficient (Wildman–Crippen LogP) is 5.80. The monoisotopic (exact) mass is 437 g/mol. The molecule has 0 fully saturated rings. The number of amides is 1. The SMILES string of the molecule is CC(C)(C)CNC(=O)c1ccc2c(c1)-c1[nH]nc(-c3ccc(-c4ccc(O)cc4)cc3)c1C2. The van der Waals surface area contributed by atoms with E-state index < -0.39 is 0 Å². The molecule has 4 aromatic rings. The number of phenolic OH excluding ortho intramolecular Hbond substituents is 1. The number of aromatic nitrogens is 2. The molecule has 3 aromatic carbocycles. The van der Waals surface area contributed by atoms with Crippen LogP contribution in [0.25, 0.3) is 33.6 Å². The van der Waals surface area contributed by atoms with E-state index in [9.17, 15) is 9.90 Å². The Balaban J connectivity index is 1.40. The second-order valence-electron chi connectivity index (χ2n) is 9.84. The zero-order valence-electron chi connectivity index (χ0n) is 19.1. The summed E-state index contributed by atoms with van der Waals surface area (Å²) in [5, 5.41) is 20.3. The lowest BCUT2D eigenvalue weighted by atomic mass is 9.96. The van der Waals surface area contributed by atoms with Crippen LogP contribution in [0.2, 0.25) is 0 Å². The zero-order valence-corrected chi connectivity index (χ0v) is 19.1. The van der Waals surface area contributed by atoms with Crippen LogP contribution in [0.4, 0.5) is 0 Å². The number of fused-ring (bicyclic) bond motifs is 3. The van der Waals surface area contributed by atoms with Crippen molar-refractivity contribution in [1.82, 2.24) is 15.5 Å². The lowest BCUT2D eigenvalue weighted by Gasteiger charge is -2.18. The van der Waals surface area contributed by atoms with Crippen LogP contribution < -0.4 is 5.32 Å². The van der Waals surface area contributed by atoms with Gasteiger partial charge in [0, 0.05) is 35.2 Å². The average molecular weight is 438 g/mol. The lowest BCUT2D eigenvalue weighted by molar-refractivity contribution is 0.0939. The smallest absolute Gasteiger partial charge is 0.251 e. The number of H-pyrrole nitrogens is 1. The molecule has 3 N–H and O–H groups in total. The second-order valence-corrected chi connectivity index (χ2v) is 9.84. The van der Waals surface area contributed by atoms with Crippen molar-refractivity contribution >= 4 is 5.91 Å². The van der Waals surface area contributed by atoms with Gasteiger partial charge in [0.15, 0.2) is 0 Å². The van der Waals surface area contributed by atoms with Crippen LogP contribution in [0.1, 0.15) is 42.3 Å². The number of nitrogens with zero attached hydrogens (tertiary/aromatic N) is 1. The van der Waals surface area contributed by atoms with E-state index in [1.54, 1.807) is 12.1 Å². The van der Waals surface area contributed by atoms with E-state index in [4.69, 9.17) is 0 Å². The molecule has 1 aromatic heterocycles. The summed E-state index contributed by atoms with van der Waals surface area (Å²) >= 11 is 0. The second kappa shape index (κ2) is 7.93. The number of carbonyl (C=O) groups is 1. The van der Waals surface area contributed by atoms with Gasteiger partial charge in [0.2, 0.25) is 0 Å². The fourth-order valence-electron chi connectivity index (χ4n) is 4.22. The molecule has 1 amide bonds. The number of aromatic hydroxyl groups is 1. The molecule has 0 aliphatic heterocycles. The highest BCUT2D eigenvalue weighted by Gasteiger charge is 2.26. The first-order chi connectivity index (χ1) is 15.8. The number of carbonyl (C=O) groups excluding carboxylic acids is 1. The number of hydrogen-bond acceptors (Lipinski definition) is 3. The van der Waals surface area contributed by atoms with E-state index in [1.165, 1.54) is 5.56 Å². The maximum Gasteiger partial charge on any atom is 0.251 e. The van der Waals surface area contributed by atoms with Gasteiger partial charge in [0.05, 0.1) is 11.4 Å². The summed E-state index contributed by atoms with van der Waals surface area (Å²) in [6.45, 7) is 6.94. The Labute approximate surface area is 193 Å². The Hall–Kier alpha value is -3.86. The van der Waals surface area contributed by atoms with Crippen LogP contribution in [0.5, 0.6) is 5.75 Å². The Kier molecular flexibility index (Phi) is 5.05. The third-order valence-electron chi connectivity index (χ3n) is 6.01. The van der Waals surface area contributed by atoms with Gasteiger partial charge in [0.1, 0.15) is 5.75 Å². The summed E-state index contributed by atoms with van der Waals surface area (Å²) in [7, 11) is 0. The van der Waals surface area contributed by atoms with Crippen LogP contribution in [-0.4, -0.2) is 27.8 Å². The molecule has 0 spiro atoms. The molecule has 0 saturated heterocycles. The van der Waals surface area contributed by atoms with Crippen molar-refractivity contribution in [2.24, 2.45) is 5.41 Å². The van der Waals surface area contributed by atoms with Crippen molar-refractivity contribution in [2.75, 3.05) is 6.54 Å². The number of benzene rings is 3. The number of hydrogen-bond donors (Lipinski definition) is 3. The summed E-state index contributed by atoms with van der Waals surface area (Å²) in [4.78, 5) is 12.6. The van der Waals surface area contributed by atoms with E-state index in [-0.39, 0.29) is 17.1 Å². The summed E-state index contributed by atoms with van der Waals surface area (Å²) in [6, 6.07) is 21.4. The molecule has 5 nitrogen and oxygen atoms in total. The van der Waals surface area contributed by atoms with Crippen molar-refractivity contribution in [2.45, 2.75) is 27.2 Å². The minimum absolute atomic E-state index is 0.0374. The fraction of sp³-hybridized carbons (Fsp3) is 0.214. The Morgan fingerprint density at radius 2 is 1.61 bits per heavy atom. The molecule has 0 atom stereocenters.